The van der Waals surface area contributed by atoms with Gasteiger partial charge in [-0.05, 0) is 48.1 Å². The van der Waals surface area contributed by atoms with Crippen LogP contribution in [-0.2, 0) is 9.84 Å². The Bertz CT molecular complexity index is 375. The summed E-state index contributed by atoms with van der Waals surface area (Å²) in [7, 11) is -1.29. The fourth-order valence-corrected chi connectivity index (χ4v) is 4.79. The molecule has 0 heterocycles. The highest BCUT2D eigenvalue weighted by atomic mass is 127. The topological polar surface area (TPSA) is 37.4 Å². The highest BCUT2D eigenvalue weighted by Crippen LogP contribution is 2.34. The van der Waals surface area contributed by atoms with Crippen molar-refractivity contribution >= 4 is 32.4 Å². The Morgan fingerprint density at radius 1 is 1.00 bits per heavy atom. The van der Waals surface area contributed by atoms with E-state index in [0.29, 0.717) is 6.42 Å². The third-order valence-corrected chi connectivity index (χ3v) is 6.13. The summed E-state index contributed by atoms with van der Waals surface area (Å²) in [4.78, 5) is 1.89. The first-order valence-corrected chi connectivity index (χ1v) is 8.94. The molecule has 0 aliphatic carbocycles. The van der Waals surface area contributed by atoms with E-state index in [1.165, 1.54) is 0 Å². The second-order valence-corrected chi connectivity index (χ2v) is 12.8. The van der Waals surface area contributed by atoms with Gasteiger partial charge in [-0.3, -0.25) is 4.90 Å². The first kappa shape index (κ1) is 18.6. The Labute approximate surface area is 127 Å². The molecular formula is C13H28INO2S. The van der Waals surface area contributed by atoms with Gasteiger partial charge in [0.25, 0.3) is 0 Å². The van der Waals surface area contributed by atoms with Crippen LogP contribution in [0.2, 0.25) is 0 Å². The van der Waals surface area contributed by atoms with E-state index >= 15 is 0 Å². The Kier molecular flexibility index (Phi) is 5.76. The molecular weight excluding hydrogens is 361 g/mol. The average molecular weight is 389 g/mol. The molecule has 0 saturated heterocycles. The average Bonchev–Trinajstić information content (AvgIpc) is 1.95. The standard InChI is InChI=1S/C13H28INO2S/c1-11(2,3)15(8)10-18(16,17)13(6,7)9-12(4,5)14/h9-10H2,1-8H3. The Morgan fingerprint density at radius 3 is 1.67 bits per heavy atom. The van der Waals surface area contributed by atoms with Crippen LogP contribution >= 0.6 is 22.6 Å². The zero-order valence-corrected chi connectivity index (χ0v) is 15.9. The van der Waals surface area contributed by atoms with Crippen molar-refractivity contribution in [2.45, 2.75) is 68.6 Å². The molecule has 0 saturated carbocycles. The molecule has 0 fully saturated rings. The lowest BCUT2D eigenvalue weighted by Gasteiger charge is -2.36. The monoisotopic (exact) mass is 389 g/mol. The molecule has 0 bridgehead atoms. The lowest BCUT2D eigenvalue weighted by atomic mass is 10.00. The Hall–Kier alpha value is 0.640. The third-order valence-electron chi connectivity index (χ3n) is 3.20. The number of hydrogen-bond donors (Lipinski definition) is 0. The summed E-state index contributed by atoms with van der Waals surface area (Å²) in [5.74, 6) is 0.107. The van der Waals surface area contributed by atoms with Gasteiger partial charge in [-0.25, -0.2) is 8.42 Å². The molecule has 18 heavy (non-hydrogen) atoms. The Balaban J connectivity index is 5.05. The molecule has 110 valence electrons. The minimum absolute atomic E-state index is 0.0192. The van der Waals surface area contributed by atoms with Gasteiger partial charge < -0.3 is 0 Å². The van der Waals surface area contributed by atoms with Crippen molar-refractivity contribution in [1.29, 1.82) is 0 Å². The van der Waals surface area contributed by atoms with Crippen LogP contribution in [0.1, 0.15) is 54.9 Å². The molecule has 0 unspecified atom stereocenters. The van der Waals surface area contributed by atoms with Crippen LogP contribution in [0.5, 0.6) is 0 Å². The first-order chi connectivity index (χ1) is 7.58. The number of hydrogen-bond acceptors (Lipinski definition) is 3. The SMILES string of the molecule is CN(CS(=O)(=O)C(C)(C)CC(C)(C)I)C(C)(C)C. The third kappa shape index (κ3) is 5.74. The molecule has 0 N–H and O–H groups in total. The number of sulfone groups is 1. The summed E-state index contributed by atoms with van der Waals surface area (Å²) in [6.07, 6.45) is 0.654. The van der Waals surface area contributed by atoms with E-state index in [2.05, 4.69) is 36.4 Å². The maximum atomic E-state index is 12.5. The molecule has 0 rings (SSSR count). The summed E-state index contributed by atoms with van der Waals surface area (Å²) in [5, 5.41) is 0. The van der Waals surface area contributed by atoms with Gasteiger partial charge in [0, 0.05) is 8.96 Å². The van der Waals surface area contributed by atoms with Crippen molar-refractivity contribution in [3.05, 3.63) is 0 Å². The minimum Gasteiger partial charge on any atom is -0.288 e. The van der Waals surface area contributed by atoms with Crippen molar-refractivity contribution in [2.24, 2.45) is 0 Å². The van der Waals surface area contributed by atoms with Gasteiger partial charge in [0.15, 0.2) is 9.84 Å². The molecule has 0 atom stereocenters. The number of halogens is 1. The second-order valence-electron chi connectivity index (χ2n) is 7.27. The molecule has 0 radical (unpaired) electrons. The first-order valence-electron chi connectivity index (χ1n) is 6.21. The van der Waals surface area contributed by atoms with Crippen LogP contribution in [0, 0.1) is 0 Å². The van der Waals surface area contributed by atoms with E-state index in [0.717, 1.165) is 0 Å². The van der Waals surface area contributed by atoms with E-state index in [-0.39, 0.29) is 14.8 Å². The molecule has 3 nitrogen and oxygen atoms in total. The van der Waals surface area contributed by atoms with Crippen LogP contribution in [0.15, 0.2) is 0 Å². The van der Waals surface area contributed by atoms with Gasteiger partial charge in [0.2, 0.25) is 0 Å². The molecule has 0 amide bonds. The fourth-order valence-electron chi connectivity index (χ4n) is 1.75. The van der Waals surface area contributed by atoms with E-state index in [4.69, 9.17) is 0 Å². The van der Waals surface area contributed by atoms with Crippen LogP contribution in [-0.4, -0.2) is 39.9 Å². The lowest BCUT2D eigenvalue weighted by Crippen LogP contribution is -2.47. The van der Waals surface area contributed by atoms with Crippen molar-refractivity contribution in [2.75, 3.05) is 12.9 Å². The predicted octanol–water partition coefficient (Wildman–Crippen LogP) is 3.47. The minimum atomic E-state index is -3.15. The van der Waals surface area contributed by atoms with Crippen LogP contribution in [0.3, 0.4) is 0 Å². The van der Waals surface area contributed by atoms with Gasteiger partial charge in [-0.15, -0.1) is 0 Å². The Morgan fingerprint density at radius 2 is 1.39 bits per heavy atom. The molecule has 0 aromatic rings. The number of alkyl halides is 1. The van der Waals surface area contributed by atoms with Crippen molar-refractivity contribution in [3.63, 3.8) is 0 Å². The van der Waals surface area contributed by atoms with E-state index in [9.17, 15) is 8.42 Å². The van der Waals surface area contributed by atoms with Crippen molar-refractivity contribution in [3.8, 4) is 0 Å². The molecule has 0 aromatic heterocycles. The van der Waals surface area contributed by atoms with Crippen LogP contribution in [0.25, 0.3) is 0 Å². The zero-order chi connectivity index (χ0) is 15.0. The van der Waals surface area contributed by atoms with E-state index in [1.54, 1.807) is 0 Å². The molecule has 0 aliphatic heterocycles. The number of nitrogens with zero attached hydrogens (tertiary/aromatic N) is 1. The summed E-state index contributed by atoms with van der Waals surface area (Å²) < 4.78 is 24.4. The predicted molar refractivity (Wildman–Crippen MR) is 88.1 cm³/mol. The quantitative estimate of drug-likeness (QED) is 0.534. The lowest BCUT2D eigenvalue weighted by molar-refractivity contribution is 0.203. The summed E-state index contributed by atoms with van der Waals surface area (Å²) in [5.41, 5.74) is -0.136. The fraction of sp³-hybridized carbons (Fsp3) is 1.00. The van der Waals surface area contributed by atoms with E-state index in [1.807, 2.05) is 46.6 Å². The largest absolute Gasteiger partial charge is 0.288 e. The smallest absolute Gasteiger partial charge is 0.168 e. The maximum Gasteiger partial charge on any atom is 0.168 e. The normalized spacial score (nSPS) is 15.2. The summed E-state index contributed by atoms with van der Waals surface area (Å²) in [6.45, 7) is 13.9. The molecule has 5 heteroatoms. The highest BCUT2D eigenvalue weighted by molar-refractivity contribution is 14.1. The second kappa shape index (κ2) is 5.56. The molecule has 0 aromatic carbocycles. The van der Waals surface area contributed by atoms with Crippen LogP contribution in [0.4, 0.5) is 0 Å². The van der Waals surface area contributed by atoms with E-state index < -0.39 is 14.6 Å². The zero-order valence-electron chi connectivity index (χ0n) is 13.0. The summed E-state index contributed by atoms with van der Waals surface area (Å²) >= 11 is 2.31. The van der Waals surface area contributed by atoms with Crippen molar-refractivity contribution in [1.82, 2.24) is 4.90 Å². The van der Waals surface area contributed by atoms with Crippen LogP contribution < -0.4 is 0 Å². The van der Waals surface area contributed by atoms with Gasteiger partial charge in [-0.2, -0.15) is 0 Å². The number of rotatable bonds is 5. The van der Waals surface area contributed by atoms with Gasteiger partial charge in [0.1, 0.15) is 5.88 Å². The highest BCUT2D eigenvalue weighted by Gasteiger charge is 2.39. The van der Waals surface area contributed by atoms with Gasteiger partial charge in [0.05, 0.1) is 4.75 Å². The molecule has 0 spiro atoms. The molecule has 0 aliphatic rings. The summed E-state index contributed by atoms with van der Waals surface area (Å²) in [6, 6.07) is 0. The van der Waals surface area contributed by atoms with Gasteiger partial charge >= 0.3 is 0 Å². The van der Waals surface area contributed by atoms with Gasteiger partial charge in [-0.1, -0.05) is 36.4 Å². The maximum absolute atomic E-state index is 12.5. The van der Waals surface area contributed by atoms with Crippen molar-refractivity contribution < 1.29 is 8.42 Å².